The zero-order chi connectivity index (χ0) is 20.4. The predicted molar refractivity (Wildman–Crippen MR) is 112 cm³/mol. The van der Waals surface area contributed by atoms with Gasteiger partial charge in [0.05, 0.1) is 10.7 Å². The third-order valence-corrected chi connectivity index (χ3v) is 5.31. The van der Waals surface area contributed by atoms with Gasteiger partial charge >= 0.3 is 0 Å². The van der Waals surface area contributed by atoms with Crippen LogP contribution in [0.25, 0.3) is 11.3 Å². The van der Waals surface area contributed by atoms with E-state index in [4.69, 9.17) is 11.6 Å². The highest BCUT2D eigenvalue weighted by Crippen LogP contribution is 2.23. The van der Waals surface area contributed by atoms with E-state index < -0.39 is 5.82 Å². The van der Waals surface area contributed by atoms with Crippen molar-refractivity contribution in [3.8, 4) is 11.3 Å². The van der Waals surface area contributed by atoms with Gasteiger partial charge in [0.25, 0.3) is 5.91 Å². The Morgan fingerprint density at radius 3 is 2.55 bits per heavy atom. The fourth-order valence-corrected chi connectivity index (χ4v) is 3.61. The molecule has 7 heteroatoms. The van der Waals surface area contributed by atoms with Gasteiger partial charge < -0.3 is 9.80 Å². The molecule has 0 spiro atoms. The summed E-state index contributed by atoms with van der Waals surface area (Å²) in [4.78, 5) is 25.4. The number of aryl methyl sites for hydroxylation is 1. The lowest BCUT2D eigenvalue weighted by atomic mass is 10.1. The van der Waals surface area contributed by atoms with Crippen molar-refractivity contribution in [1.82, 2.24) is 14.9 Å². The summed E-state index contributed by atoms with van der Waals surface area (Å²) in [6.45, 7) is 4.47. The number of carbonyl (C=O) groups is 1. The first kappa shape index (κ1) is 19.3. The standard InChI is InChI=1S/C22H20ClFN4O/c1-15-3-2-4-16(11-15)20-13-21(26-14-25-20)27-7-9-28(10-8-27)22(29)17-5-6-19(24)18(23)12-17/h2-6,11-14H,7-10H2,1H3. The number of rotatable bonds is 3. The largest absolute Gasteiger partial charge is 0.353 e. The molecule has 0 N–H and O–H groups in total. The quantitative estimate of drug-likeness (QED) is 0.649. The lowest BCUT2D eigenvalue weighted by molar-refractivity contribution is 0.0746. The molecule has 5 nitrogen and oxygen atoms in total. The minimum atomic E-state index is -0.527. The van der Waals surface area contributed by atoms with Gasteiger partial charge in [0.1, 0.15) is 18.0 Å². The molecule has 1 fully saturated rings. The highest BCUT2D eigenvalue weighted by molar-refractivity contribution is 6.31. The second-order valence-corrected chi connectivity index (χ2v) is 7.45. The van der Waals surface area contributed by atoms with Gasteiger partial charge in [-0.1, -0.05) is 35.4 Å². The molecule has 2 heterocycles. The minimum Gasteiger partial charge on any atom is -0.353 e. The Kier molecular flexibility index (Phi) is 5.45. The number of nitrogens with zero attached hydrogens (tertiary/aromatic N) is 4. The van der Waals surface area contributed by atoms with Crippen molar-refractivity contribution in [2.45, 2.75) is 6.92 Å². The van der Waals surface area contributed by atoms with Crippen molar-refractivity contribution in [1.29, 1.82) is 0 Å². The minimum absolute atomic E-state index is 0.0425. The van der Waals surface area contributed by atoms with Gasteiger partial charge in [-0.25, -0.2) is 14.4 Å². The second kappa shape index (κ2) is 8.17. The van der Waals surface area contributed by atoms with Gasteiger partial charge in [-0.2, -0.15) is 0 Å². The number of benzene rings is 2. The van der Waals surface area contributed by atoms with Crippen molar-refractivity contribution < 1.29 is 9.18 Å². The van der Waals surface area contributed by atoms with Crippen LogP contribution in [-0.4, -0.2) is 47.0 Å². The summed E-state index contributed by atoms with van der Waals surface area (Å²) in [5, 5.41) is -0.0425. The van der Waals surface area contributed by atoms with Gasteiger partial charge in [-0.05, 0) is 31.2 Å². The van der Waals surface area contributed by atoms with Gasteiger partial charge in [0.15, 0.2) is 0 Å². The maximum absolute atomic E-state index is 13.3. The van der Waals surface area contributed by atoms with Crippen LogP contribution >= 0.6 is 11.6 Å². The number of halogens is 2. The van der Waals surface area contributed by atoms with Crippen molar-refractivity contribution in [3.63, 3.8) is 0 Å². The van der Waals surface area contributed by atoms with E-state index in [9.17, 15) is 9.18 Å². The van der Waals surface area contributed by atoms with E-state index in [2.05, 4.69) is 33.9 Å². The summed E-state index contributed by atoms with van der Waals surface area (Å²) in [7, 11) is 0. The molecule has 3 aromatic rings. The molecule has 0 unspecified atom stereocenters. The Morgan fingerprint density at radius 2 is 1.83 bits per heavy atom. The van der Waals surface area contributed by atoms with Crippen LogP contribution in [0.2, 0.25) is 5.02 Å². The van der Waals surface area contributed by atoms with Gasteiger partial charge in [0, 0.05) is 43.4 Å². The number of hydrogen-bond donors (Lipinski definition) is 0. The Balaban J connectivity index is 1.45. The SMILES string of the molecule is Cc1cccc(-c2cc(N3CCN(C(=O)c4ccc(F)c(Cl)c4)CC3)ncn2)c1. The molecule has 2 aromatic carbocycles. The molecular weight excluding hydrogens is 391 g/mol. The van der Waals surface area contributed by atoms with Gasteiger partial charge in [-0.15, -0.1) is 0 Å². The topological polar surface area (TPSA) is 49.3 Å². The van der Waals surface area contributed by atoms with Gasteiger partial charge in [0.2, 0.25) is 0 Å². The van der Waals surface area contributed by atoms with Crippen LogP contribution in [0.4, 0.5) is 10.2 Å². The third kappa shape index (κ3) is 4.22. The van der Waals surface area contributed by atoms with E-state index in [1.54, 1.807) is 11.2 Å². The lowest BCUT2D eigenvalue weighted by Crippen LogP contribution is -2.49. The lowest BCUT2D eigenvalue weighted by Gasteiger charge is -2.35. The second-order valence-electron chi connectivity index (χ2n) is 7.04. The van der Waals surface area contributed by atoms with Crippen molar-refractivity contribution in [3.05, 3.63) is 76.8 Å². The molecule has 1 aliphatic rings. The Labute approximate surface area is 173 Å². The number of anilines is 1. The molecule has 148 valence electrons. The number of hydrogen-bond acceptors (Lipinski definition) is 4. The van der Waals surface area contributed by atoms with Crippen LogP contribution in [0.5, 0.6) is 0 Å². The van der Waals surface area contributed by atoms with E-state index >= 15 is 0 Å². The molecule has 29 heavy (non-hydrogen) atoms. The normalized spacial score (nSPS) is 14.2. The van der Waals surface area contributed by atoms with Crippen molar-refractivity contribution >= 4 is 23.3 Å². The van der Waals surface area contributed by atoms with Crippen LogP contribution in [0.1, 0.15) is 15.9 Å². The molecule has 0 saturated carbocycles. The fraction of sp³-hybridized carbons (Fsp3) is 0.227. The van der Waals surface area contributed by atoms with E-state index in [-0.39, 0.29) is 10.9 Å². The Bertz CT molecular complexity index is 1050. The maximum Gasteiger partial charge on any atom is 0.254 e. The fourth-order valence-electron chi connectivity index (χ4n) is 3.43. The Hall–Kier alpha value is -2.99. The first-order valence-electron chi connectivity index (χ1n) is 9.39. The van der Waals surface area contributed by atoms with Crippen LogP contribution in [0, 0.1) is 12.7 Å². The average molecular weight is 411 g/mol. The van der Waals surface area contributed by atoms with Crippen LogP contribution in [0.15, 0.2) is 54.9 Å². The molecule has 4 rings (SSSR count). The van der Waals surface area contributed by atoms with Gasteiger partial charge in [-0.3, -0.25) is 4.79 Å². The third-order valence-electron chi connectivity index (χ3n) is 5.02. The average Bonchev–Trinajstić information content (AvgIpc) is 2.75. The summed E-state index contributed by atoms with van der Waals surface area (Å²) in [6.07, 6.45) is 1.57. The summed E-state index contributed by atoms with van der Waals surface area (Å²) >= 11 is 5.81. The molecule has 1 amide bonds. The van der Waals surface area contributed by atoms with E-state index in [0.29, 0.717) is 31.7 Å². The highest BCUT2D eigenvalue weighted by Gasteiger charge is 2.23. The first-order chi connectivity index (χ1) is 14.0. The van der Waals surface area contributed by atoms with Crippen LogP contribution in [-0.2, 0) is 0 Å². The van der Waals surface area contributed by atoms with Crippen LogP contribution in [0.3, 0.4) is 0 Å². The van der Waals surface area contributed by atoms with E-state index in [0.717, 1.165) is 17.1 Å². The maximum atomic E-state index is 13.3. The predicted octanol–water partition coefficient (Wildman–Crippen LogP) is 4.21. The molecule has 0 bridgehead atoms. The van der Waals surface area contributed by atoms with Crippen molar-refractivity contribution in [2.75, 3.05) is 31.1 Å². The highest BCUT2D eigenvalue weighted by atomic mass is 35.5. The first-order valence-corrected chi connectivity index (χ1v) is 9.77. The molecular formula is C22H20ClFN4O. The zero-order valence-electron chi connectivity index (χ0n) is 16.0. The molecule has 1 saturated heterocycles. The molecule has 0 radical (unpaired) electrons. The summed E-state index contributed by atoms with van der Waals surface area (Å²) in [6, 6.07) is 14.2. The summed E-state index contributed by atoms with van der Waals surface area (Å²) < 4.78 is 13.3. The monoisotopic (exact) mass is 410 g/mol. The number of carbonyl (C=O) groups excluding carboxylic acids is 1. The van der Waals surface area contributed by atoms with E-state index in [1.165, 1.54) is 23.8 Å². The summed E-state index contributed by atoms with van der Waals surface area (Å²) in [5.41, 5.74) is 3.50. The van der Waals surface area contributed by atoms with E-state index in [1.807, 2.05) is 18.2 Å². The zero-order valence-corrected chi connectivity index (χ0v) is 16.7. The van der Waals surface area contributed by atoms with Crippen LogP contribution < -0.4 is 4.90 Å². The molecule has 0 aliphatic carbocycles. The number of aromatic nitrogens is 2. The Morgan fingerprint density at radius 1 is 1.03 bits per heavy atom. The smallest absolute Gasteiger partial charge is 0.254 e. The van der Waals surface area contributed by atoms with Crippen molar-refractivity contribution in [2.24, 2.45) is 0 Å². The molecule has 1 aromatic heterocycles. The number of piperazine rings is 1. The summed E-state index contributed by atoms with van der Waals surface area (Å²) in [5.74, 6) is 0.171. The number of amides is 1. The molecule has 0 atom stereocenters. The molecule has 1 aliphatic heterocycles.